The number of hydrogen-bond donors (Lipinski definition) is 3. The Kier molecular flexibility index (Phi) is 14.2. The van der Waals surface area contributed by atoms with Gasteiger partial charge in [-0.15, -0.1) is 0 Å². The molecule has 0 aliphatic carbocycles. The van der Waals surface area contributed by atoms with E-state index in [9.17, 15) is 19.2 Å². The zero-order valence-electron chi connectivity index (χ0n) is 24.1. The van der Waals surface area contributed by atoms with Gasteiger partial charge in [-0.3, -0.25) is 4.79 Å². The molecule has 0 aliphatic heterocycles. The monoisotopic (exact) mass is 571 g/mol. The number of methoxy groups -OCH3 is 1. The molecule has 2 atom stereocenters. The Labute approximate surface area is 241 Å². The van der Waals surface area contributed by atoms with E-state index in [0.29, 0.717) is 19.4 Å². The Hall–Kier alpha value is -4.12. The van der Waals surface area contributed by atoms with E-state index in [1.54, 1.807) is 20.8 Å². The maximum atomic E-state index is 13.1. The van der Waals surface area contributed by atoms with Gasteiger partial charge in [-0.25, -0.2) is 14.4 Å². The van der Waals surface area contributed by atoms with Gasteiger partial charge in [0.05, 0.1) is 20.3 Å². The summed E-state index contributed by atoms with van der Waals surface area (Å²) in [5.41, 5.74) is 1.00. The van der Waals surface area contributed by atoms with E-state index in [0.717, 1.165) is 11.1 Å². The molecule has 0 saturated heterocycles. The van der Waals surface area contributed by atoms with Gasteiger partial charge in [0.2, 0.25) is 5.91 Å². The quantitative estimate of drug-likeness (QED) is 0.166. The number of nitrogens with one attached hydrogen (secondary N) is 3. The number of benzene rings is 2. The molecule has 0 aliphatic rings. The third kappa shape index (κ3) is 14.2. The molecule has 0 radical (unpaired) electrons. The predicted octanol–water partition coefficient (Wildman–Crippen LogP) is 3.85. The fourth-order valence-corrected chi connectivity index (χ4v) is 3.60. The van der Waals surface area contributed by atoms with Crippen molar-refractivity contribution in [2.24, 2.45) is 0 Å². The van der Waals surface area contributed by atoms with Crippen LogP contribution in [0.25, 0.3) is 0 Å². The molecule has 2 aromatic carbocycles. The van der Waals surface area contributed by atoms with Crippen LogP contribution in [0, 0.1) is 0 Å². The second-order valence-corrected chi connectivity index (χ2v) is 10.3. The van der Waals surface area contributed by atoms with E-state index in [1.165, 1.54) is 7.11 Å². The van der Waals surface area contributed by atoms with Crippen molar-refractivity contribution in [1.82, 2.24) is 16.0 Å². The molecule has 0 spiro atoms. The number of hydrogen-bond acceptors (Lipinski definition) is 8. The normalized spacial score (nSPS) is 12.4. The topological polar surface area (TPSA) is 141 Å². The molecule has 0 unspecified atom stereocenters. The van der Waals surface area contributed by atoms with Gasteiger partial charge in [-0.05, 0) is 51.2 Å². The number of unbranched alkanes of at least 4 members (excludes halogenated alkanes) is 1. The van der Waals surface area contributed by atoms with Gasteiger partial charge in [-0.2, -0.15) is 0 Å². The van der Waals surface area contributed by atoms with Crippen molar-refractivity contribution in [1.29, 1.82) is 0 Å². The van der Waals surface area contributed by atoms with Crippen LogP contribution >= 0.6 is 0 Å². The minimum absolute atomic E-state index is 0.150. The van der Waals surface area contributed by atoms with Crippen molar-refractivity contribution < 1.29 is 38.1 Å². The van der Waals surface area contributed by atoms with Crippen molar-refractivity contribution in [2.75, 3.05) is 20.3 Å². The van der Waals surface area contributed by atoms with E-state index >= 15 is 0 Å². The summed E-state index contributed by atoms with van der Waals surface area (Å²) in [5, 5.41) is 7.83. The van der Waals surface area contributed by atoms with E-state index < -0.39 is 41.7 Å². The van der Waals surface area contributed by atoms with Crippen molar-refractivity contribution in [3.8, 4) is 0 Å². The number of carbonyl (C=O) groups excluding carboxylic acids is 4. The Bertz CT molecular complexity index is 1090. The Balaban J connectivity index is 1.86. The van der Waals surface area contributed by atoms with Crippen molar-refractivity contribution in [3.63, 3.8) is 0 Å². The van der Waals surface area contributed by atoms with Crippen molar-refractivity contribution in [2.45, 2.75) is 70.9 Å². The van der Waals surface area contributed by atoms with Crippen LogP contribution in [0.5, 0.6) is 0 Å². The first-order valence-electron chi connectivity index (χ1n) is 13.5. The van der Waals surface area contributed by atoms with E-state index in [4.69, 9.17) is 18.9 Å². The Morgan fingerprint density at radius 2 is 1.39 bits per heavy atom. The SMILES string of the molecule is COC(=O)[C@H](CCCCNC(=O)OCc1ccccc1)NC(=O)[C@H](COCc1ccccc1)NC(=O)OC(C)(C)C. The summed E-state index contributed by atoms with van der Waals surface area (Å²) in [6, 6.07) is 16.6. The van der Waals surface area contributed by atoms with Crippen LogP contribution in [-0.4, -0.2) is 62.0 Å². The molecule has 11 nitrogen and oxygen atoms in total. The van der Waals surface area contributed by atoms with E-state index in [1.807, 2.05) is 60.7 Å². The van der Waals surface area contributed by atoms with Crippen LogP contribution in [0.3, 0.4) is 0 Å². The van der Waals surface area contributed by atoms with Gasteiger partial charge >= 0.3 is 18.2 Å². The highest BCUT2D eigenvalue weighted by Crippen LogP contribution is 2.09. The second-order valence-electron chi connectivity index (χ2n) is 10.3. The average molecular weight is 572 g/mol. The molecule has 2 aromatic rings. The fourth-order valence-electron chi connectivity index (χ4n) is 3.60. The molecule has 0 saturated carbocycles. The molecule has 224 valence electrons. The minimum atomic E-state index is -1.12. The number of rotatable bonds is 15. The number of ether oxygens (including phenoxy) is 4. The van der Waals surface area contributed by atoms with Crippen LogP contribution in [-0.2, 0) is 41.8 Å². The van der Waals surface area contributed by atoms with Crippen LogP contribution in [0.4, 0.5) is 9.59 Å². The molecule has 2 rings (SSSR count). The minimum Gasteiger partial charge on any atom is -0.467 e. The van der Waals surface area contributed by atoms with Crippen molar-refractivity contribution in [3.05, 3.63) is 71.8 Å². The zero-order valence-corrected chi connectivity index (χ0v) is 24.1. The van der Waals surface area contributed by atoms with Crippen LogP contribution in [0.15, 0.2) is 60.7 Å². The lowest BCUT2D eigenvalue weighted by Gasteiger charge is -2.25. The van der Waals surface area contributed by atoms with Gasteiger partial charge in [0.25, 0.3) is 0 Å². The van der Waals surface area contributed by atoms with Gasteiger partial charge < -0.3 is 34.9 Å². The lowest BCUT2D eigenvalue weighted by Crippen LogP contribution is -2.54. The van der Waals surface area contributed by atoms with E-state index in [-0.39, 0.29) is 26.2 Å². The van der Waals surface area contributed by atoms with Gasteiger partial charge in [0, 0.05) is 6.54 Å². The van der Waals surface area contributed by atoms with Crippen LogP contribution < -0.4 is 16.0 Å². The highest BCUT2D eigenvalue weighted by atomic mass is 16.6. The summed E-state index contributed by atoms with van der Waals surface area (Å²) in [6.45, 7) is 5.68. The summed E-state index contributed by atoms with van der Waals surface area (Å²) < 4.78 is 21.0. The summed E-state index contributed by atoms with van der Waals surface area (Å²) in [6.07, 6.45) is -0.0560. The maximum absolute atomic E-state index is 13.1. The molecule has 3 amide bonds. The number of esters is 1. The summed E-state index contributed by atoms with van der Waals surface area (Å²) in [4.78, 5) is 49.9. The molecule has 0 aromatic heterocycles. The molecule has 11 heteroatoms. The molecule has 0 fully saturated rings. The van der Waals surface area contributed by atoms with Gasteiger partial charge in [-0.1, -0.05) is 60.7 Å². The lowest BCUT2D eigenvalue weighted by atomic mass is 10.1. The third-order valence-corrected chi connectivity index (χ3v) is 5.61. The van der Waals surface area contributed by atoms with Gasteiger partial charge in [0.15, 0.2) is 0 Å². The first kappa shape index (κ1) is 33.1. The average Bonchev–Trinajstić information content (AvgIpc) is 2.94. The number of alkyl carbamates (subject to hydrolysis) is 2. The third-order valence-electron chi connectivity index (χ3n) is 5.61. The summed E-state index contributed by atoms with van der Waals surface area (Å²) in [5.74, 6) is -1.25. The standard InChI is InChI=1S/C30H41N3O8/c1-30(2,3)41-29(37)33-25(21-39-19-22-13-7-5-8-14-22)26(34)32-24(27(35)38-4)17-11-12-18-31-28(36)40-20-23-15-9-6-10-16-23/h5-10,13-16,24-25H,11-12,17-21H2,1-4H3,(H,31,36)(H,32,34)(H,33,37)/t24-,25-/m0/s1. The second kappa shape index (κ2) is 17.5. The van der Waals surface area contributed by atoms with Crippen LogP contribution in [0.2, 0.25) is 0 Å². The highest BCUT2D eigenvalue weighted by molar-refractivity contribution is 5.89. The molecule has 0 heterocycles. The molecule has 41 heavy (non-hydrogen) atoms. The van der Waals surface area contributed by atoms with E-state index in [2.05, 4.69) is 16.0 Å². The first-order valence-corrected chi connectivity index (χ1v) is 13.5. The highest BCUT2D eigenvalue weighted by Gasteiger charge is 2.29. The first-order chi connectivity index (χ1) is 19.6. The smallest absolute Gasteiger partial charge is 0.408 e. The zero-order chi connectivity index (χ0) is 30.1. The van der Waals surface area contributed by atoms with Gasteiger partial charge in [0.1, 0.15) is 24.3 Å². The van der Waals surface area contributed by atoms with Crippen LogP contribution in [0.1, 0.15) is 51.2 Å². The maximum Gasteiger partial charge on any atom is 0.408 e. The lowest BCUT2D eigenvalue weighted by molar-refractivity contribution is -0.145. The Morgan fingerprint density at radius 1 is 0.780 bits per heavy atom. The summed E-state index contributed by atoms with van der Waals surface area (Å²) >= 11 is 0. The fraction of sp³-hybridized carbons (Fsp3) is 0.467. The summed E-state index contributed by atoms with van der Waals surface area (Å²) in [7, 11) is 1.23. The molecule has 3 N–H and O–H groups in total. The number of carbonyl (C=O) groups is 4. The number of amides is 3. The largest absolute Gasteiger partial charge is 0.467 e. The molecule has 0 bridgehead atoms. The molecular formula is C30H41N3O8. The Morgan fingerprint density at radius 3 is 1.98 bits per heavy atom. The van der Waals surface area contributed by atoms with Crippen molar-refractivity contribution >= 4 is 24.1 Å². The predicted molar refractivity (Wildman–Crippen MR) is 152 cm³/mol. The molecular weight excluding hydrogens is 530 g/mol.